The van der Waals surface area contributed by atoms with Crippen molar-refractivity contribution in [2.75, 3.05) is 0 Å². The lowest BCUT2D eigenvalue weighted by Crippen LogP contribution is -2.33. The van der Waals surface area contributed by atoms with E-state index in [-0.39, 0.29) is 16.2 Å². The fourth-order valence-corrected chi connectivity index (χ4v) is 7.61. The number of fused-ring (bicyclic) bond motifs is 4. The van der Waals surface area contributed by atoms with Crippen LogP contribution in [0, 0.1) is 22.2 Å². The summed E-state index contributed by atoms with van der Waals surface area (Å²) in [5.41, 5.74) is 16.4. The van der Waals surface area contributed by atoms with E-state index in [9.17, 15) is 0 Å². The van der Waals surface area contributed by atoms with E-state index in [0.29, 0.717) is 5.92 Å². The molecule has 33 heavy (non-hydrogen) atoms. The van der Waals surface area contributed by atoms with Crippen LogP contribution in [-0.4, -0.2) is 0 Å². The molecule has 0 unspecified atom stereocenters. The Bertz CT molecular complexity index is 1240. The first kappa shape index (κ1) is 20.6. The normalized spacial score (nSPS) is 25.5. The van der Waals surface area contributed by atoms with Crippen molar-refractivity contribution < 1.29 is 0 Å². The van der Waals surface area contributed by atoms with Crippen molar-refractivity contribution in [3.8, 4) is 0 Å². The lowest BCUT2D eigenvalue weighted by molar-refractivity contribution is 0.141. The van der Waals surface area contributed by atoms with Crippen LogP contribution in [0.25, 0.3) is 5.57 Å². The molecule has 2 atom stereocenters. The maximum Gasteiger partial charge on any atom is 0.0393 e. The SMILES string of the molecule is CC1(C)[C@H]2CC[C@@]1(C)C(=C=C=C(c1ccccc1)c1ccccc1)C21Cc2ccccc2C1. The Morgan fingerprint density at radius 1 is 0.727 bits per heavy atom. The van der Waals surface area contributed by atoms with Gasteiger partial charge in [0.25, 0.3) is 0 Å². The highest BCUT2D eigenvalue weighted by Gasteiger charge is 2.70. The van der Waals surface area contributed by atoms with Crippen LogP contribution in [0.4, 0.5) is 0 Å². The molecule has 164 valence electrons. The summed E-state index contributed by atoms with van der Waals surface area (Å²) in [6.07, 6.45) is 4.90. The van der Waals surface area contributed by atoms with Crippen LogP contribution in [0.5, 0.6) is 0 Å². The molecule has 3 aromatic carbocycles. The third kappa shape index (κ3) is 2.85. The van der Waals surface area contributed by atoms with E-state index >= 15 is 0 Å². The summed E-state index contributed by atoms with van der Waals surface area (Å²) in [4.78, 5) is 0. The van der Waals surface area contributed by atoms with Gasteiger partial charge < -0.3 is 0 Å². The minimum Gasteiger partial charge on any atom is -0.0692 e. The van der Waals surface area contributed by atoms with Gasteiger partial charge >= 0.3 is 0 Å². The van der Waals surface area contributed by atoms with E-state index in [4.69, 9.17) is 0 Å². The number of rotatable bonds is 2. The molecule has 3 aliphatic carbocycles. The second kappa shape index (κ2) is 7.23. The molecule has 2 bridgehead atoms. The average molecular weight is 429 g/mol. The van der Waals surface area contributed by atoms with E-state index in [1.54, 1.807) is 11.1 Å². The number of hydrogen-bond donors (Lipinski definition) is 0. The summed E-state index contributed by atoms with van der Waals surface area (Å²) < 4.78 is 0. The van der Waals surface area contributed by atoms with Crippen LogP contribution >= 0.6 is 0 Å². The summed E-state index contributed by atoms with van der Waals surface area (Å²) in [6.45, 7) is 7.55. The van der Waals surface area contributed by atoms with Crippen molar-refractivity contribution in [1.82, 2.24) is 0 Å². The molecule has 0 radical (unpaired) electrons. The Labute approximate surface area is 198 Å². The smallest absolute Gasteiger partial charge is 0.0393 e. The van der Waals surface area contributed by atoms with E-state index in [2.05, 4.69) is 117 Å². The zero-order valence-electron chi connectivity index (χ0n) is 20.0. The van der Waals surface area contributed by atoms with E-state index in [1.807, 2.05) is 0 Å². The molecule has 0 heterocycles. The van der Waals surface area contributed by atoms with Crippen molar-refractivity contribution in [1.29, 1.82) is 0 Å². The Balaban J connectivity index is 1.63. The van der Waals surface area contributed by atoms with Crippen LogP contribution in [0.15, 0.2) is 102 Å². The molecule has 3 aliphatic rings. The molecular formula is C33H32. The highest BCUT2D eigenvalue weighted by Crippen LogP contribution is 2.76. The van der Waals surface area contributed by atoms with E-state index < -0.39 is 0 Å². The van der Waals surface area contributed by atoms with Crippen LogP contribution in [0.2, 0.25) is 0 Å². The third-order valence-electron chi connectivity index (χ3n) is 9.51. The fraction of sp³-hybridized carbons (Fsp3) is 0.333. The first-order valence-electron chi connectivity index (χ1n) is 12.4. The largest absolute Gasteiger partial charge is 0.0692 e. The van der Waals surface area contributed by atoms with Gasteiger partial charge in [-0.2, -0.15) is 0 Å². The van der Waals surface area contributed by atoms with Gasteiger partial charge in [-0.15, -0.1) is 0 Å². The van der Waals surface area contributed by atoms with Gasteiger partial charge in [-0.05, 0) is 64.8 Å². The Morgan fingerprint density at radius 3 is 1.79 bits per heavy atom. The van der Waals surface area contributed by atoms with Crippen LogP contribution in [0.1, 0.15) is 55.9 Å². The van der Waals surface area contributed by atoms with Crippen LogP contribution in [-0.2, 0) is 12.8 Å². The van der Waals surface area contributed by atoms with Gasteiger partial charge in [-0.1, -0.05) is 117 Å². The van der Waals surface area contributed by atoms with E-state index in [1.165, 1.54) is 29.5 Å². The quantitative estimate of drug-likeness (QED) is 0.362. The highest BCUT2D eigenvalue weighted by atomic mass is 14.7. The molecule has 2 saturated carbocycles. The zero-order valence-corrected chi connectivity index (χ0v) is 20.0. The second-order valence-electron chi connectivity index (χ2n) is 11.2. The van der Waals surface area contributed by atoms with Crippen molar-refractivity contribution in [3.63, 3.8) is 0 Å². The van der Waals surface area contributed by atoms with Crippen LogP contribution < -0.4 is 0 Å². The second-order valence-corrected chi connectivity index (χ2v) is 11.2. The summed E-state index contributed by atoms with van der Waals surface area (Å²) in [5, 5.41) is 0. The standard InChI is InChI=1S/C33H32/c1-31(2)29-20-21-32(31,3)30(33(29)22-26-16-10-11-17-27(26)23-33)19-18-28(24-12-6-4-7-13-24)25-14-8-5-9-15-25/h4-17,29H,20-23H2,1-3H3/t29-,32+/m1/s1. The van der Waals surface area contributed by atoms with E-state index in [0.717, 1.165) is 18.4 Å². The number of allylic oxidation sites excluding steroid dienone is 1. The maximum atomic E-state index is 3.90. The first-order chi connectivity index (χ1) is 16.0. The van der Waals surface area contributed by atoms with Crippen molar-refractivity contribution in [2.45, 2.75) is 46.5 Å². The lowest BCUT2D eigenvalue weighted by atomic mass is 9.64. The molecule has 0 saturated heterocycles. The molecule has 0 amide bonds. The van der Waals surface area contributed by atoms with Gasteiger partial charge in [0, 0.05) is 16.4 Å². The molecule has 0 aromatic heterocycles. The van der Waals surface area contributed by atoms with Gasteiger partial charge in [0.15, 0.2) is 0 Å². The summed E-state index contributed by atoms with van der Waals surface area (Å²) in [5.74, 6) is 0.698. The summed E-state index contributed by atoms with van der Waals surface area (Å²) in [7, 11) is 0. The van der Waals surface area contributed by atoms with Gasteiger partial charge in [0.2, 0.25) is 0 Å². The van der Waals surface area contributed by atoms with Crippen LogP contribution in [0.3, 0.4) is 0 Å². The molecule has 3 aromatic rings. The lowest BCUT2D eigenvalue weighted by Gasteiger charge is -2.38. The monoisotopic (exact) mass is 428 g/mol. The van der Waals surface area contributed by atoms with Gasteiger partial charge in [-0.3, -0.25) is 0 Å². The summed E-state index contributed by atoms with van der Waals surface area (Å²) >= 11 is 0. The van der Waals surface area contributed by atoms with Gasteiger partial charge in [-0.25, -0.2) is 0 Å². The first-order valence-corrected chi connectivity index (χ1v) is 12.4. The predicted molar refractivity (Wildman–Crippen MR) is 137 cm³/mol. The molecule has 6 rings (SSSR count). The third-order valence-corrected chi connectivity index (χ3v) is 9.51. The Hall–Kier alpha value is -3.04. The maximum absolute atomic E-state index is 3.90. The molecule has 1 spiro atoms. The fourth-order valence-electron chi connectivity index (χ4n) is 7.61. The minimum absolute atomic E-state index is 0.172. The minimum atomic E-state index is 0.172. The predicted octanol–water partition coefficient (Wildman–Crippen LogP) is 8.04. The van der Waals surface area contributed by atoms with Crippen molar-refractivity contribution in [2.24, 2.45) is 22.2 Å². The Kier molecular flexibility index (Phi) is 4.50. The number of benzene rings is 3. The number of hydrogen-bond acceptors (Lipinski definition) is 0. The van der Waals surface area contributed by atoms with Crippen molar-refractivity contribution >= 4 is 5.57 Å². The highest BCUT2D eigenvalue weighted by molar-refractivity contribution is 5.79. The topological polar surface area (TPSA) is 0 Å². The molecule has 0 heteroatoms. The average Bonchev–Trinajstić information content (AvgIpc) is 3.36. The molecule has 0 nitrogen and oxygen atoms in total. The van der Waals surface area contributed by atoms with Gasteiger partial charge in [0.05, 0.1) is 0 Å². The zero-order chi connectivity index (χ0) is 22.7. The summed E-state index contributed by atoms with van der Waals surface area (Å²) in [6, 6.07) is 30.5. The molecule has 2 fully saturated rings. The Morgan fingerprint density at radius 2 is 1.24 bits per heavy atom. The molecule has 0 N–H and O–H groups in total. The molecular weight excluding hydrogens is 396 g/mol. The molecule has 0 aliphatic heterocycles. The van der Waals surface area contributed by atoms with Gasteiger partial charge in [0.1, 0.15) is 0 Å². The van der Waals surface area contributed by atoms with Crippen molar-refractivity contribution in [3.05, 3.63) is 124 Å².